The summed E-state index contributed by atoms with van der Waals surface area (Å²) in [5, 5.41) is 14.1. The second kappa shape index (κ2) is 8.49. The molecule has 2 amide bonds. The first-order chi connectivity index (χ1) is 11.1. The fourth-order valence-electron chi connectivity index (χ4n) is 2.79. The minimum Gasteiger partial charge on any atom is -0.376 e. The van der Waals surface area contributed by atoms with Crippen molar-refractivity contribution in [2.24, 2.45) is 5.92 Å². The van der Waals surface area contributed by atoms with E-state index in [9.17, 15) is 9.18 Å². The van der Waals surface area contributed by atoms with Gasteiger partial charge < -0.3 is 15.4 Å². The Labute approximate surface area is 135 Å². The zero-order chi connectivity index (χ0) is 16.7. The number of benzene rings is 1. The third kappa shape index (κ3) is 5.22. The lowest BCUT2D eigenvalue weighted by Gasteiger charge is -2.28. The van der Waals surface area contributed by atoms with Crippen LogP contribution >= 0.6 is 0 Å². The maximum Gasteiger partial charge on any atom is 0.319 e. The molecule has 0 heterocycles. The number of hydrogen-bond donors (Lipinski definition) is 2. The smallest absolute Gasteiger partial charge is 0.319 e. The lowest BCUT2D eigenvalue weighted by Crippen LogP contribution is -2.34. The molecule has 1 fully saturated rings. The maximum absolute atomic E-state index is 13.0. The van der Waals surface area contributed by atoms with E-state index >= 15 is 0 Å². The summed E-state index contributed by atoms with van der Waals surface area (Å²) < 4.78 is 18.8. The minimum absolute atomic E-state index is 0.0902. The number of carbonyl (C=O) groups is 1. The molecule has 1 aromatic carbocycles. The van der Waals surface area contributed by atoms with E-state index in [2.05, 4.69) is 17.6 Å². The van der Waals surface area contributed by atoms with Gasteiger partial charge in [-0.2, -0.15) is 5.26 Å². The molecule has 0 saturated heterocycles. The molecular weight excluding hydrogens is 297 g/mol. The third-order valence-electron chi connectivity index (χ3n) is 4.10. The highest BCUT2D eigenvalue weighted by atomic mass is 19.1. The van der Waals surface area contributed by atoms with Gasteiger partial charge in [0.15, 0.2) is 0 Å². The van der Waals surface area contributed by atoms with E-state index in [0.29, 0.717) is 19.1 Å². The van der Waals surface area contributed by atoms with Crippen molar-refractivity contribution in [2.75, 3.05) is 18.5 Å². The van der Waals surface area contributed by atoms with Crippen molar-refractivity contribution in [3.05, 3.63) is 29.6 Å². The highest BCUT2D eigenvalue weighted by molar-refractivity contribution is 5.90. The minimum atomic E-state index is -0.512. The van der Waals surface area contributed by atoms with Crippen LogP contribution in [0.3, 0.4) is 0 Å². The summed E-state index contributed by atoms with van der Waals surface area (Å²) in [7, 11) is 0. The van der Waals surface area contributed by atoms with Gasteiger partial charge in [-0.15, -0.1) is 0 Å². The second-order valence-corrected chi connectivity index (χ2v) is 5.85. The van der Waals surface area contributed by atoms with Gasteiger partial charge in [-0.3, -0.25) is 0 Å². The van der Waals surface area contributed by atoms with Crippen molar-refractivity contribution < 1.29 is 13.9 Å². The van der Waals surface area contributed by atoms with Crippen LogP contribution in [0.5, 0.6) is 0 Å². The van der Waals surface area contributed by atoms with Gasteiger partial charge in [0.1, 0.15) is 11.9 Å². The fourth-order valence-corrected chi connectivity index (χ4v) is 2.79. The zero-order valence-electron chi connectivity index (χ0n) is 13.3. The van der Waals surface area contributed by atoms with Gasteiger partial charge in [0.2, 0.25) is 0 Å². The summed E-state index contributed by atoms with van der Waals surface area (Å²) >= 11 is 0. The number of amides is 2. The van der Waals surface area contributed by atoms with Crippen LogP contribution in [0.15, 0.2) is 18.2 Å². The average molecular weight is 319 g/mol. The Hall–Kier alpha value is -2.13. The number of anilines is 1. The molecule has 6 heteroatoms. The number of rotatable bonds is 5. The van der Waals surface area contributed by atoms with E-state index in [1.165, 1.54) is 31.4 Å². The topological polar surface area (TPSA) is 74.2 Å². The molecule has 2 atom stereocenters. The molecule has 23 heavy (non-hydrogen) atoms. The van der Waals surface area contributed by atoms with Crippen LogP contribution in [0.1, 0.15) is 38.2 Å². The van der Waals surface area contributed by atoms with E-state index in [1.54, 1.807) is 0 Å². The summed E-state index contributed by atoms with van der Waals surface area (Å²) in [6.45, 7) is 3.04. The average Bonchev–Trinajstić information content (AvgIpc) is 2.54. The Kier molecular flexibility index (Phi) is 6.36. The molecular formula is C17H22FN3O2. The van der Waals surface area contributed by atoms with Gasteiger partial charge >= 0.3 is 6.03 Å². The van der Waals surface area contributed by atoms with Crippen LogP contribution in [-0.2, 0) is 4.74 Å². The molecule has 1 aliphatic rings. The van der Waals surface area contributed by atoms with E-state index in [0.717, 1.165) is 12.5 Å². The van der Waals surface area contributed by atoms with Crippen LogP contribution in [0.25, 0.3) is 0 Å². The van der Waals surface area contributed by atoms with Gasteiger partial charge in [0.05, 0.1) is 24.0 Å². The number of carbonyl (C=O) groups excluding carboxylic acids is 1. The number of nitrogens with zero attached hydrogens (tertiary/aromatic N) is 1. The van der Waals surface area contributed by atoms with Crippen LogP contribution in [0.2, 0.25) is 0 Å². The Balaban J connectivity index is 1.72. The standard InChI is InChI=1S/C17H22FN3O2/c1-12-4-2-3-5-16(12)23-9-8-20-17(22)21-15-7-6-14(18)10-13(15)11-19/h6-7,10,12,16H,2-5,8-9H2,1H3,(H2,20,21,22). The predicted molar refractivity (Wildman–Crippen MR) is 85.5 cm³/mol. The SMILES string of the molecule is CC1CCCCC1OCCNC(=O)Nc1ccc(F)cc1C#N. The van der Waals surface area contributed by atoms with Crippen molar-refractivity contribution in [1.29, 1.82) is 5.26 Å². The second-order valence-electron chi connectivity index (χ2n) is 5.85. The zero-order valence-corrected chi connectivity index (χ0v) is 13.3. The summed E-state index contributed by atoms with van der Waals surface area (Å²) in [5.41, 5.74) is 0.376. The van der Waals surface area contributed by atoms with Crippen molar-refractivity contribution in [1.82, 2.24) is 5.32 Å². The normalized spacial score (nSPS) is 20.6. The maximum atomic E-state index is 13.0. The first-order valence-electron chi connectivity index (χ1n) is 7.96. The lowest BCUT2D eigenvalue weighted by molar-refractivity contribution is -0.00232. The monoisotopic (exact) mass is 319 g/mol. The summed E-state index contributed by atoms with van der Waals surface area (Å²) in [4.78, 5) is 11.8. The molecule has 124 valence electrons. The molecule has 1 saturated carbocycles. The van der Waals surface area contributed by atoms with Crippen LogP contribution < -0.4 is 10.6 Å². The molecule has 0 radical (unpaired) electrons. The number of urea groups is 1. The van der Waals surface area contributed by atoms with E-state index in [4.69, 9.17) is 10.00 Å². The molecule has 2 N–H and O–H groups in total. The van der Waals surface area contributed by atoms with Crippen LogP contribution in [0, 0.1) is 23.1 Å². The van der Waals surface area contributed by atoms with E-state index < -0.39 is 11.8 Å². The van der Waals surface area contributed by atoms with Crippen molar-refractivity contribution >= 4 is 11.7 Å². The van der Waals surface area contributed by atoms with Crippen molar-refractivity contribution in [3.8, 4) is 6.07 Å². The highest BCUT2D eigenvalue weighted by Crippen LogP contribution is 2.26. The van der Waals surface area contributed by atoms with E-state index in [1.807, 2.05) is 6.07 Å². The van der Waals surface area contributed by atoms with Crippen LogP contribution in [-0.4, -0.2) is 25.3 Å². The first kappa shape index (κ1) is 17.2. The Morgan fingerprint density at radius 3 is 2.96 bits per heavy atom. The summed E-state index contributed by atoms with van der Waals surface area (Å²) in [6, 6.07) is 5.07. The molecule has 2 rings (SSSR count). The summed E-state index contributed by atoms with van der Waals surface area (Å²) in [6.07, 6.45) is 5.01. The fraction of sp³-hybridized carbons (Fsp3) is 0.529. The Bertz CT molecular complexity index is 586. The largest absolute Gasteiger partial charge is 0.376 e. The van der Waals surface area contributed by atoms with Gasteiger partial charge in [-0.25, -0.2) is 9.18 Å². The molecule has 0 bridgehead atoms. The van der Waals surface area contributed by atoms with Gasteiger partial charge in [0.25, 0.3) is 0 Å². The van der Waals surface area contributed by atoms with Gasteiger partial charge in [0, 0.05) is 6.54 Å². The molecule has 1 aliphatic carbocycles. The molecule has 5 nitrogen and oxygen atoms in total. The predicted octanol–water partition coefficient (Wildman–Crippen LogP) is 3.41. The highest BCUT2D eigenvalue weighted by Gasteiger charge is 2.21. The molecule has 0 spiro atoms. The van der Waals surface area contributed by atoms with Gasteiger partial charge in [-0.05, 0) is 37.0 Å². The quantitative estimate of drug-likeness (QED) is 0.817. The van der Waals surface area contributed by atoms with Crippen molar-refractivity contribution in [3.63, 3.8) is 0 Å². The number of nitriles is 1. The first-order valence-corrected chi connectivity index (χ1v) is 7.96. The van der Waals surface area contributed by atoms with Gasteiger partial charge in [-0.1, -0.05) is 19.8 Å². The molecule has 1 aromatic rings. The number of ether oxygens (including phenoxy) is 1. The molecule has 0 aromatic heterocycles. The number of halogens is 1. The molecule has 2 unspecified atom stereocenters. The number of nitrogens with one attached hydrogen (secondary N) is 2. The number of hydrogen-bond acceptors (Lipinski definition) is 3. The summed E-state index contributed by atoms with van der Waals surface area (Å²) in [5.74, 6) is 0.0532. The van der Waals surface area contributed by atoms with Crippen molar-refractivity contribution in [2.45, 2.75) is 38.7 Å². The molecule has 0 aliphatic heterocycles. The lowest BCUT2D eigenvalue weighted by atomic mass is 9.88. The Morgan fingerprint density at radius 1 is 1.43 bits per heavy atom. The van der Waals surface area contributed by atoms with Crippen LogP contribution in [0.4, 0.5) is 14.9 Å². The van der Waals surface area contributed by atoms with E-state index in [-0.39, 0.29) is 17.4 Å². The Morgan fingerprint density at radius 2 is 2.22 bits per heavy atom. The third-order valence-corrected chi connectivity index (χ3v) is 4.10.